The van der Waals surface area contributed by atoms with Crippen LogP contribution in [0.15, 0.2) is 72.8 Å². The highest BCUT2D eigenvalue weighted by Gasteiger charge is 2.60. The van der Waals surface area contributed by atoms with E-state index in [0.717, 1.165) is 10.9 Å². The van der Waals surface area contributed by atoms with E-state index >= 15 is 0 Å². The molecular formula is C22H22B2O7. The van der Waals surface area contributed by atoms with Crippen molar-refractivity contribution in [3.8, 4) is 0 Å². The van der Waals surface area contributed by atoms with Crippen molar-refractivity contribution in [2.75, 3.05) is 6.61 Å². The monoisotopic (exact) mass is 420 g/mol. The number of ether oxygens (including phenoxy) is 2. The molecular weight excluding hydrogens is 398 g/mol. The van der Waals surface area contributed by atoms with Gasteiger partial charge in [-0.05, 0) is 17.8 Å². The van der Waals surface area contributed by atoms with Gasteiger partial charge in [-0.1, -0.05) is 67.2 Å². The predicted molar refractivity (Wildman–Crippen MR) is 114 cm³/mol. The molecule has 0 N–H and O–H groups in total. The maximum absolute atomic E-state index is 11.9. The molecule has 0 spiro atoms. The van der Waals surface area contributed by atoms with Gasteiger partial charge in [0.05, 0.1) is 0 Å². The lowest BCUT2D eigenvalue weighted by Crippen LogP contribution is -2.59. The van der Waals surface area contributed by atoms with Gasteiger partial charge in [0.25, 0.3) is 0 Å². The first-order chi connectivity index (χ1) is 15.1. The molecule has 2 aromatic rings. The quantitative estimate of drug-likeness (QED) is 0.403. The van der Waals surface area contributed by atoms with Crippen LogP contribution < -0.4 is 10.9 Å². The Morgan fingerprint density at radius 2 is 1.45 bits per heavy atom. The maximum atomic E-state index is 11.9. The minimum absolute atomic E-state index is 0.0150. The molecule has 3 saturated heterocycles. The van der Waals surface area contributed by atoms with Gasteiger partial charge in [0.2, 0.25) is 0 Å². The van der Waals surface area contributed by atoms with Crippen LogP contribution in [0.5, 0.6) is 0 Å². The van der Waals surface area contributed by atoms with Crippen molar-refractivity contribution >= 4 is 31.1 Å². The van der Waals surface area contributed by atoms with Crippen LogP contribution in [0, 0.1) is 0 Å². The molecule has 3 heterocycles. The third kappa shape index (κ3) is 4.07. The zero-order valence-corrected chi connectivity index (χ0v) is 17.1. The van der Waals surface area contributed by atoms with Crippen LogP contribution in [-0.2, 0) is 32.9 Å². The maximum Gasteiger partial charge on any atom is 0.496 e. The molecule has 3 aliphatic heterocycles. The Balaban J connectivity index is 1.36. The lowest BCUT2D eigenvalue weighted by atomic mass is 9.76. The van der Waals surface area contributed by atoms with Crippen molar-refractivity contribution in [3.05, 3.63) is 72.8 Å². The fourth-order valence-corrected chi connectivity index (χ4v) is 4.01. The van der Waals surface area contributed by atoms with Gasteiger partial charge in [-0.3, -0.25) is 0 Å². The molecule has 0 aliphatic carbocycles. The summed E-state index contributed by atoms with van der Waals surface area (Å²) in [4.78, 5) is 11.9. The normalized spacial score (nSPS) is 29.4. The van der Waals surface area contributed by atoms with Gasteiger partial charge < -0.3 is 28.1 Å². The van der Waals surface area contributed by atoms with Crippen LogP contribution in [0.1, 0.15) is 6.92 Å². The highest BCUT2D eigenvalue weighted by atomic mass is 16.8. The molecule has 7 nitrogen and oxygen atoms in total. The van der Waals surface area contributed by atoms with Gasteiger partial charge in [0.1, 0.15) is 31.0 Å². The average molecular weight is 420 g/mol. The van der Waals surface area contributed by atoms with Gasteiger partial charge in [-0.2, -0.15) is 0 Å². The lowest BCUT2D eigenvalue weighted by molar-refractivity contribution is -0.158. The number of rotatable bonds is 5. The van der Waals surface area contributed by atoms with Gasteiger partial charge in [0.15, 0.2) is 6.29 Å². The summed E-state index contributed by atoms with van der Waals surface area (Å²) in [6.07, 6.45) is -2.50. The smallest absolute Gasteiger partial charge is 0.460 e. The first-order valence-electron chi connectivity index (χ1n) is 10.3. The number of hydrogen-bond acceptors (Lipinski definition) is 7. The summed E-state index contributed by atoms with van der Waals surface area (Å²) >= 11 is 0. The zero-order valence-electron chi connectivity index (χ0n) is 17.1. The van der Waals surface area contributed by atoms with Crippen LogP contribution in [0.4, 0.5) is 0 Å². The van der Waals surface area contributed by atoms with E-state index in [1.54, 1.807) is 6.92 Å². The topological polar surface area (TPSA) is 72.5 Å². The highest BCUT2D eigenvalue weighted by molar-refractivity contribution is 6.62. The van der Waals surface area contributed by atoms with E-state index in [-0.39, 0.29) is 6.61 Å². The molecule has 9 heteroatoms. The zero-order chi connectivity index (χ0) is 21.4. The summed E-state index contributed by atoms with van der Waals surface area (Å²) < 4.78 is 36.1. The van der Waals surface area contributed by atoms with E-state index in [0.29, 0.717) is 5.57 Å². The lowest BCUT2D eigenvalue weighted by Gasteiger charge is -2.37. The van der Waals surface area contributed by atoms with Crippen molar-refractivity contribution in [2.45, 2.75) is 37.6 Å². The van der Waals surface area contributed by atoms with Crippen molar-refractivity contribution in [1.29, 1.82) is 0 Å². The third-order valence-corrected chi connectivity index (χ3v) is 5.56. The van der Waals surface area contributed by atoms with Gasteiger partial charge in [-0.15, -0.1) is 0 Å². The highest BCUT2D eigenvalue weighted by Crippen LogP contribution is 2.38. The largest absolute Gasteiger partial charge is 0.496 e. The van der Waals surface area contributed by atoms with Crippen LogP contribution in [0.2, 0.25) is 0 Å². The van der Waals surface area contributed by atoms with Crippen molar-refractivity contribution in [1.82, 2.24) is 0 Å². The second-order valence-corrected chi connectivity index (χ2v) is 7.85. The summed E-state index contributed by atoms with van der Waals surface area (Å²) in [5.74, 6) is -0.474. The Morgan fingerprint density at radius 1 is 0.871 bits per heavy atom. The Kier molecular flexibility index (Phi) is 5.69. The minimum atomic E-state index is -0.641. The predicted octanol–water partition coefficient (Wildman–Crippen LogP) is 0.821. The molecule has 3 fully saturated rings. The molecule has 31 heavy (non-hydrogen) atoms. The summed E-state index contributed by atoms with van der Waals surface area (Å²) in [7, 11) is -1.17. The molecule has 0 aromatic heterocycles. The number of fused-ring (bicyclic) bond motifs is 3. The van der Waals surface area contributed by atoms with E-state index in [4.69, 9.17) is 28.1 Å². The standard InChI is InChI=1S/C22H22B2O7/c1-14(2)21(25)26-13-17-18-19(29-23(28-17)15-9-5-3-6-10-15)20-22(27-18)31-24(30-20)16-11-7-4-8-12-16/h3-12,17-20,22H,1,13H2,2H3/t17?,18-,19?,20-,22-/m1/s1. The summed E-state index contributed by atoms with van der Waals surface area (Å²) in [6, 6.07) is 19.3. The summed E-state index contributed by atoms with van der Waals surface area (Å²) in [6.45, 7) is 5.24. The number of esters is 1. The van der Waals surface area contributed by atoms with Crippen molar-refractivity contribution in [3.63, 3.8) is 0 Å². The van der Waals surface area contributed by atoms with E-state index in [1.165, 1.54) is 0 Å². The second-order valence-electron chi connectivity index (χ2n) is 7.85. The minimum Gasteiger partial charge on any atom is -0.460 e. The second kappa shape index (κ2) is 8.61. The first-order valence-corrected chi connectivity index (χ1v) is 10.3. The Morgan fingerprint density at radius 3 is 2.06 bits per heavy atom. The van der Waals surface area contributed by atoms with Gasteiger partial charge in [0, 0.05) is 5.57 Å². The fourth-order valence-electron chi connectivity index (χ4n) is 4.01. The molecule has 2 aromatic carbocycles. The van der Waals surface area contributed by atoms with E-state index < -0.39 is 50.9 Å². The molecule has 0 saturated carbocycles. The van der Waals surface area contributed by atoms with Gasteiger partial charge >= 0.3 is 20.2 Å². The van der Waals surface area contributed by atoms with E-state index in [2.05, 4.69) is 6.58 Å². The van der Waals surface area contributed by atoms with Crippen molar-refractivity contribution < 1.29 is 32.9 Å². The Bertz CT molecular complexity index is 941. The molecule has 3 aliphatic rings. The molecule has 5 atom stereocenters. The number of benzene rings is 2. The summed E-state index contributed by atoms with van der Waals surface area (Å²) in [5, 5.41) is 0. The molecule has 5 rings (SSSR count). The van der Waals surface area contributed by atoms with E-state index in [9.17, 15) is 4.79 Å². The van der Waals surface area contributed by atoms with Crippen LogP contribution >= 0.6 is 0 Å². The first kappa shape index (κ1) is 20.5. The molecule has 158 valence electrons. The van der Waals surface area contributed by atoms with Crippen LogP contribution in [-0.4, -0.2) is 57.5 Å². The molecule has 0 amide bonds. The number of hydrogen-bond donors (Lipinski definition) is 0. The van der Waals surface area contributed by atoms with E-state index in [1.807, 2.05) is 60.7 Å². The SMILES string of the molecule is C=C(C)C(=O)OCC1OB(c2ccccc2)OC2[C@@H]1O[C@@H]1OB(c3ccccc3)O[C@H]21. The van der Waals surface area contributed by atoms with Crippen LogP contribution in [0.3, 0.4) is 0 Å². The number of carbonyl (C=O) groups is 1. The fraction of sp³-hybridized carbons (Fsp3) is 0.318. The van der Waals surface area contributed by atoms with Crippen molar-refractivity contribution in [2.24, 2.45) is 0 Å². The molecule has 0 radical (unpaired) electrons. The molecule has 0 bridgehead atoms. The number of carbonyl (C=O) groups excluding carboxylic acids is 1. The Hall–Kier alpha value is -2.42. The van der Waals surface area contributed by atoms with Crippen LogP contribution in [0.25, 0.3) is 0 Å². The molecule has 2 unspecified atom stereocenters. The summed E-state index contributed by atoms with van der Waals surface area (Å²) in [5.41, 5.74) is 2.10. The Labute approximate surface area is 181 Å². The van der Waals surface area contributed by atoms with Gasteiger partial charge in [-0.25, -0.2) is 4.79 Å². The third-order valence-electron chi connectivity index (χ3n) is 5.56. The average Bonchev–Trinajstić information content (AvgIpc) is 3.37.